The second kappa shape index (κ2) is 7.24. The van der Waals surface area contributed by atoms with Crippen LogP contribution in [0.4, 0.5) is 0 Å². The standard InChI is InChI=1S/C14H21ClN2O4/c1-20-8-10(21-2)7-17-13(18)11(9-5-3-4-6-9)12(15)16-14(17)19/h9-10H,3-8H2,1-2H3,(H,16,19). The average molecular weight is 317 g/mol. The fourth-order valence-electron chi connectivity index (χ4n) is 2.88. The number of rotatable bonds is 6. The van der Waals surface area contributed by atoms with Crippen molar-refractivity contribution in [3.8, 4) is 0 Å². The zero-order chi connectivity index (χ0) is 15.4. The lowest BCUT2D eigenvalue weighted by Crippen LogP contribution is -2.42. The molecule has 1 aromatic rings. The fourth-order valence-corrected chi connectivity index (χ4v) is 3.20. The minimum Gasteiger partial charge on any atom is -0.382 e. The molecule has 6 nitrogen and oxygen atoms in total. The van der Waals surface area contributed by atoms with E-state index >= 15 is 0 Å². The van der Waals surface area contributed by atoms with Gasteiger partial charge in [0, 0.05) is 14.2 Å². The van der Waals surface area contributed by atoms with E-state index in [0.717, 1.165) is 30.3 Å². The van der Waals surface area contributed by atoms with Crippen molar-refractivity contribution in [2.45, 2.75) is 44.2 Å². The lowest BCUT2D eigenvalue weighted by molar-refractivity contribution is 0.0170. The van der Waals surface area contributed by atoms with Gasteiger partial charge in [-0.05, 0) is 18.8 Å². The van der Waals surface area contributed by atoms with Crippen molar-refractivity contribution in [1.82, 2.24) is 9.55 Å². The molecule has 1 aliphatic rings. The summed E-state index contributed by atoms with van der Waals surface area (Å²) in [6.07, 6.45) is 3.69. The molecule has 21 heavy (non-hydrogen) atoms. The van der Waals surface area contributed by atoms with Gasteiger partial charge >= 0.3 is 5.69 Å². The molecule has 118 valence electrons. The molecule has 1 heterocycles. The van der Waals surface area contributed by atoms with Crippen LogP contribution < -0.4 is 11.2 Å². The summed E-state index contributed by atoms with van der Waals surface area (Å²) < 4.78 is 11.4. The zero-order valence-corrected chi connectivity index (χ0v) is 13.1. The molecule has 1 N–H and O–H groups in total. The van der Waals surface area contributed by atoms with Crippen molar-refractivity contribution >= 4 is 11.6 Å². The maximum atomic E-state index is 12.6. The molecule has 1 aliphatic carbocycles. The largest absolute Gasteiger partial charge is 0.382 e. The predicted molar refractivity (Wildman–Crippen MR) is 80.2 cm³/mol. The summed E-state index contributed by atoms with van der Waals surface area (Å²) in [6, 6.07) is 0. The molecule has 1 unspecified atom stereocenters. The van der Waals surface area contributed by atoms with Crippen LogP contribution in [0.5, 0.6) is 0 Å². The summed E-state index contributed by atoms with van der Waals surface area (Å²) in [7, 11) is 3.07. The molecule has 1 atom stereocenters. The van der Waals surface area contributed by atoms with Crippen LogP contribution in [-0.2, 0) is 16.0 Å². The Kier molecular flexibility index (Phi) is 5.61. The number of aromatic amines is 1. The Morgan fingerprint density at radius 2 is 2.00 bits per heavy atom. The Morgan fingerprint density at radius 1 is 1.33 bits per heavy atom. The smallest absolute Gasteiger partial charge is 0.329 e. The number of nitrogens with one attached hydrogen (secondary N) is 1. The van der Waals surface area contributed by atoms with Gasteiger partial charge in [-0.25, -0.2) is 4.79 Å². The maximum absolute atomic E-state index is 12.6. The highest BCUT2D eigenvalue weighted by molar-refractivity contribution is 6.30. The van der Waals surface area contributed by atoms with Gasteiger partial charge in [0.1, 0.15) is 5.15 Å². The molecule has 0 radical (unpaired) electrons. The normalized spacial score (nSPS) is 17.3. The Hall–Kier alpha value is -1.11. The van der Waals surface area contributed by atoms with Gasteiger partial charge in [0.05, 0.1) is 24.8 Å². The minimum absolute atomic E-state index is 0.136. The fraction of sp³-hybridized carbons (Fsp3) is 0.714. The Labute approximate surface area is 128 Å². The number of halogens is 1. The number of hydrogen-bond acceptors (Lipinski definition) is 4. The van der Waals surface area contributed by atoms with Crippen LogP contribution in [0.15, 0.2) is 9.59 Å². The topological polar surface area (TPSA) is 73.3 Å². The number of nitrogens with zero attached hydrogens (tertiary/aromatic N) is 1. The average Bonchev–Trinajstić information content (AvgIpc) is 2.95. The third-order valence-electron chi connectivity index (χ3n) is 4.01. The number of hydrogen-bond donors (Lipinski definition) is 1. The number of methoxy groups -OCH3 is 2. The van der Waals surface area contributed by atoms with Crippen molar-refractivity contribution in [2.24, 2.45) is 0 Å². The molecule has 0 aromatic carbocycles. The van der Waals surface area contributed by atoms with Crippen molar-refractivity contribution < 1.29 is 9.47 Å². The van der Waals surface area contributed by atoms with Gasteiger partial charge in [0.2, 0.25) is 0 Å². The SMILES string of the molecule is COCC(Cn1c(=O)[nH]c(Cl)c(C2CCCC2)c1=O)OC. The highest BCUT2D eigenvalue weighted by atomic mass is 35.5. The molecule has 7 heteroatoms. The van der Waals surface area contributed by atoms with Crippen LogP contribution >= 0.6 is 11.6 Å². The summed E-state index contributed by atoms with van der Waals surface area (Å²) in [5, 5.41) is 0.175. The molecular formula is C14H21ClN2O4. The van der Waals surface area contributed by atoms with E-state index in [0.29, 0.717) is 12.2 Å². The van der Waals surface area contributed by atoms with Crippen molar-refractivity contribution in [3.63, 3.8) is 0 Å². The highest BCUT2D eigenvalue weighted by Crippen LogP contribution is 2.34. The van der Waals surface area contributed by atoms with Gasteiger partial charge in [-0.2, -0.15) is 0 Å². The summed E-state index contributed by atoms with van der Waals surface area (Å²) in [5.74, 6) is 0.136. The van der Waals surface area contributed by atoms with Crippen LogP contribution in [0.3, 0.4) is 0 Å². The summed E-state index contributed by atoms with van der Waals surface area (Å²) in [6.45, 7) is 0.458. The Morgan fingerprint density at radius 3 is 2.57 bits per heavy atom. The molecule has 1 saturated carbocycles. The highest BCUT2D eigenvalue weighted by Gasteiger charge is 2.25. The first-order valence-corrected chi connectivity index (χ1v) is 7.50. The van der Waals surface area contributed by atoms with E-state index in [1.165, 1.54) is 7.11 Å². The predicted octanol–water partition coefficient (Wildman–Crippen LogP) is 1.51. The second-order valence-corrected chi connectivity index (χ2v) is 5.75. The van der Waals surface area contributed by atoms with E-state index < -0.39 is 5.69 Å². The third kappa shape index (κ3) is 3.56. The van der Waals surface area contributed by atoms with Gasteiger partial charge in [0.25, 0.3) is 5.56 Å². The number of aromatic nitrogens is 2. The van der Waals surface area contributed by atoms with E-state index in [1.54, 1.807) is 7.11 Å². The number of ether oxygens (including phenoxy) is 2. The van der Waals surface area contributed by atoms with Gasteiger partial charge in [0.15, 0.2) is 0 Å². The van der Waals surface area contributed by atoms with Crippen molar-refractivity contribution in [1.29, 1.82) is 0 Å². The first kappa shape index (κ1) is 16.3. The second-order valence-electron chi connectivity index (χ2n) is 5.37. The molecule has 0 spiro atoms. The van der Waals surface area contributed by atoms with Gasteiger partial charge in [-0.1, -0.05) is 24.4 Å². The molecule has 1 aromatic heterocycles. The van der Waals surface area contributed by atoms with Crippen molar-refractivity contribution in [3.05, 3.63) is 31.6 Å². The maximum Gasteiger partial charge on any atom is 0.329 e. The molecule has 0 amide bonds. The van der Waals surface area contributed by atoms with Crippen molar-refractivity contribution in [2.75, 3.05) is 20.8 Å². The van der Waals surface area contributed by atoms with Gasteiger partial charge in [-0.3, -0.25) is 14.3 Å². The van der Waals surface area contributed by atoms with Crippen LogP contribution in [0.25, 0.3) is 0 Å². The van der Waals surface area contributed by atoms with Crippen LogP contribution in [-0.4, -0.2) is 36.5 Å². The van der Waals surface area contributed by atoms with Gasteiger partial charge < -0.3 is 9.47 Å². The lowest BCUT2D eigenvalue weighted by atomic mass is 10.0. The monoisotopic (exact) mass is 316 g/mol. The van der Waals surface area contributed by atoms with E-state index in [-0.39, 0.29) is 29.3 Å². The molecule has 0 saturated heterocycles. The molecule has 0 bridgehead atoms. The summed E-state index contributed by atoms with van der Waals surface area (Å²) in [4.78, 5) is 27.2. The summed E-state index contributed by atoms with van der Waals surface area (Å²) >= 11 is 6.09. The number of H-pyrrole nitrogens is 1. The van der Waals surface area contributed by atoms with Crippen LogP contribution in [0, 0.1) is 0 Å². The first-order valence-electron chi connectivity index (χ1n) is 7.12. The van der Waals surface area contributed by atoms with Gasteiger partial charge in [-0.15, -0.1) is 0 Å². The Balaban J connectivity index is 2.39. The molecular weight excluding hydrogens is 296 g/mol. The quantitative estimate of drug-likeness (QED) is 0.807. The third-order valence-corrected chi connectivity index (χ3v) is 4.31. The van der Waals surface area contributed by atoms with E-state index in [9.17, 15) is 9.59 Å². The first-order chi connectivity index (χ1) is 10.1. The van der Waals surface area contributed by atoms with Crippen LogP contribution in [0.1, 0.15) is 37.2 Å². The summed E-state index contributed by atoms with van der Waals surface area (Å²) in [5.41, 5.74) is -0.292. The Bertz CT molecular complexity index is 590. The zero-order valence-electron chi connectivity index (χ0n) is 12.4. The van der Waals surface area contributed by atoms with E-state index in [1.807, 2.05) is 0 Å². The van der Waals surface area contributed by atoms with E-state index in [4.69, 9.17) is 21.1 Å². The van der Waals surface area contributed by atoms with Crippen LogP contribution in [0.2, 0.25) is 5.15 Å². The molecule has 1 fully saturated rings. The molecule has 0 aliphatic heterocycles. The van der Waals surface area contributed by atoms with E-state index in [2.05, 4.69) is 4.98 Å². The lowest BCUT2D eigenvalue weighted by Gasteiger charge is -2.17. The minimum atomic E-state index is -0.509. The molecule has 2 rings (SSSR count).